The highest BCUT2D eigenvalue weighted by Crippen LogP contribution is 2.19. The van der Waals surface area contributed by atoms with Crippen LogP contribution in [0.25, 0.3) is 0 Å². The molecule has 1 aromatic carbocycles. The maximum Gasteiger partial charge on any atom is 0.262 e. The van der Waals surface area contributed by atoms with E-state index in [0.29, 0.717) is 32.4 Å². The molecule has 2 fully saturated rings. The molecule has 0 radical (unpaired) electrons. The number of aryl methyl sites for hydroxylation is 1. The average molecular weight is 533 g/mol. The van der Waals surface area contributed by atoms with Gasteiger partial charge in [-0.15, -0.1) is 0 Å². The van der Waals surface area contributed by atoms with Crippen LogP contribution in [0.5, 0.6) is 0 Å². The minimum Gasteiger partial charge on any atom is -0.378 e. The first-order valence-electron chi connectivity index (χ1n) is 12.8. The molecule has 12 heteroatoms. The number of hydrogen-bond donors (Lipinski definition) is 2. The van der Waals surface area contributed by atoms with E-state index >= 15 is 0 Å². The summed E-state index contributed by atoms with van der Waals surface area (Å²) < 4.78 is 34.4. The molecule has 2 amide bonds. The fourth-order valence-electron chi connectivity index (χ4n) is 4.61. The van der Waals surface area contributed by atoms with Crippen LogP contribution < -0.4 is 15.5 Å². The van der Waals surface area contributed by atoms with Crippen molar-refractivity contribution in [3.8, 4) is 0 Å². The maximum absolute atomic E-state index is 13.1. The van der Waals surface area contributed by atoms with Crippen molar-refractivity contribution in [3.63, 3.8) is 0 Å². The van der Waals surface area contributed by atoms with Gasteiger partial charge in [0.05, 0.1) is 19.5 Å². The summed E-state index contributed by atoms with van der Waals surface area (Å²) in [6.07, 6.45) is 4.47. The van der Waals surface area contributed by atoms with Gasteiger partial charge < -0.3 is 24.8 Å². The Bertz CT molecular complexity index is 1160. The number of amides is 2. The summed E-state index contributed by atoms with van der Waals surface area (Å²) >= 11 is 0. The second-order valence-electron chi connectivity index (χ2n) is 9.49. The predicted octanol–water partition coefficient (Wildman–Crippen LogP) is 0.870. The number of anilines is 1. The van der Waals surface area contributed by atoms with Crippen LogP contribution in [-0.2, 0) is 37.9 Å². The number of morpholine rings is 1. The smallest absolute Gasteiger partial charge is 0.262 e. The molecule has 2 aliphatic rings. The van der Waals surface area contributed by atoms with E-state index in [1.54, 1.807) is 11.6 Å². The third-order valence-corrected chi connectivity index (χ3v) is 8.58. The first-order valence-corrected chi connectivity index (χ1v) is 14.2. The topological polar surface area (TPSA) is 126 Å². The number of nitrogens with zero attached hydrogens (tertiary/aromatic N) is 4. The van der Waals surface area contributed by atoms with E-state index < -0.39 is 10.0 Å². The highest BCUT2D eigenvalue weighted by molar-refractivity contribution is 7.89. The number of nitrogens with one attached hydrogen (secondary N) is 2. The summed E-state index contributed by atoms with van der Waals surface area (Å²) in [6.45, 7) is 4.27. The van der Waals surface area contributed by atoms with E-state index in [0.717, 1.165) is 37.6 Å². The molecule has 1 aromatic heterocycles. The number of rotatable bonds is 6. The molecule has 0 bridgehead atoms. The van der Waals surface area contributed by atoms with E-state index in [9.17, 15) is 18.0 Å². The molecule has 2 aromatic rings. The van der Waals surface area contributed by atoms with Gasteiger partial charge in [-0.25, -0.2) is 13.4 Å². The van der Waals surface area contributed by atoms with Crippen LogP contribution in [0.3, 0.4) is 0 Å². The maximum atomic E-state index is 13.1. The predicted molar refractivity (Wildman–Crippen MR) is 138 cm³/mol. The van der Waals surface area contributed by atoms with E-state index in [1.165, 1.54) is 16.8 Å². The van der Waals surface area contributed by atoms with Crippen molar-refractivity contribution >= 4 is 27.5 Å². The minimum absolute atomic E-state index is 0.0424. The highest BCUT2D eigenvalue weighted by Gasteiger charge is 2.28. The summed E-state index contributed by atoms with van der Waals surface area (Å²) in [4.78, 5) is 31.6. The number of ether oxygens (including phenoxy) is 1. The third kappa shape index (κ3) is 7.30. The van der Waals surface area contributed by atoms with Gasteiger partial charge >= 0.3 is 0 Å². The van der Waals surface area contributed by atoms with Crippen molar-refractivity contribution in [2.45, 2.75) is 37.3 Å². The Labute approximate surface area is 218 Å². The van der Waals surface area contributed by atoms with Gasteiger partial charge in [0.25, 0.3) is 10.0 Å². The van der Waals surface area contributed by atoms with Crippen LogP contribution in [0.1, 0.15) is 31.2 Å². The second-order valence-corrected chi connectivity index (χ2v) is 11.4. The van der Waals surface area contributed by atoms with Gasteiger partial charge in [-0.3, -0.25) is 9.59 Å². The molecule has 2 N–H and O–H groups in total. The lowest BCUT2D eigenvalue weighted by Gasteiger charge is -2.29. The van der Waals surface area contributed by atoms with Gasteiger partial charge in [0.15, 0.2) is 5.03 Å². The molecule has 0 spiro atoms. The number of carbonyl (C=O) groups is 2. The Morgan fingerprint density at radius 1 is 1.14 bits per heavy atom. The Hall–Kier alpha value is -2.96. The van der Waals surface area contributed by atoms with Gasteiger partial charge in [-0.05, 0) is 37.0 Å². The number of imidazole rings is 1. The Morgan fingerprint density at radius 3 is 2.59 bits per heavy atom. The fraction of sp³-hybridized carbons (Fsp3) is 0.560. The number of benzene rings is 1. The van der Waals surface area contributed by atoms with Crippen molar-refractivity contribution in [3.05, 3.63) is 42.4 Å². The van der Waals surface area contributed by atoms with Crippen molar-refractivity contribution in [1.29, 1.82) is 0 Å². The molecule has 37 heavy (non-hydrogen) atoms. The third-order valence-electron chi connectivity index (χ3n) is 6.80. The zero-order valence-electron chi connectivity index (χ0n) is 21.3. The normalized spacial score (nSPS) is 20.6. The summed E-state index contributed by atoms with van der Waals surface area (Å²) in [6, 6.07) is 8.16. The molecule has 0 saturated carbocycles. The van der Waals surface area contributed by atoms with Crippen LogP contribution in [0.4, 0.5) is 5.69 Å². The molecule has 1 atom stereocenters. The molecule has 3 heterocycles. The van der Waals surface area contributed by atoms with Crippen LogP contribution in [-0.4, -0.2) is 80.0 Å². The monoisotopic (exact) mass is 532 g/mol. The molecule has 11 nitrogen and oxygen atoms in total. The van der Waals surface area contributed by atoms with Crippen molar-refractivity contribution < 1.29 is 22.7 Å². The quantitative estimate of drug-likeness (QED) is 0.565. The number of hydrogen-bond acceptors (Lipinski definition) is 7. The SMILES string of the molecule is Cn1cnc(S(=O)(=O)N2CCCC(C(=O)NCc3ccc(N4CCOCC4)cc3)CCNC(=O)CC2)c1. The Kier molecular flexibility index (Phi) is 9.17. The summed E-state index contributed by atoms with van der Waals surface area (Å²) in [5, 5.41) is 5.79. The van der Waals surface area contributed by atoms with Crippen LogP contribution in [0, 0.1) is 5.92 Å². The molecule has 202 valence electrons. The molecule has 4 rings (SSSR count). The van der Waals surface area contributed by atoms with Crippen molar-refractivity contribution in [1.82, 2.24) is 24.5 Å². The molecule has 0 aliphatic carbocycles. The zero-order chi connectivity index (χ0) is 26.3. The second kappa shape index (κ2) is 12.5. The highest BCUT2D eigenvalue weighted by atomic mass is 32.2. The lowest BCUT2D eigenvalue weighted by Crippen LogP contribution is -2.36. The number of carbonyl (C=O) groups excluding carboxylic acids is 2. The number of sulfonamides is 1. The van der Waals surface area contributed by atoms with Gasteiger partial charge in [-0.1, -0.05) is 12.1 Å². The van der Waals surface area contributed by atoms with E-state index in [2.05, 4.69) is 32.7 Å². The van der Waals surface area contributed by atoms with Gasteiger partial charge in [0, 0.05) is 70.5 Å². The summed E-state index contributed by atoms with van der Waals surface area (Å²) in [7, 11) is -2.13. The van der Waals surface area contributed by atoms with Crippen LogP contribution in [0.2, 0.25) is 0 Å². The molecular formula is C25H36N6O5S. The van der Waals surface area contributed by atoms with E-state index in [-0.39, 0.29) is 42.3 Å². The van der Waals surface area contributed by atoms with Crippen LogP contribution >= 0.6 is 0 Å². The lowest BCUT2D eigenvalue weighted by atomic mass is 9.98. The summed E-state index contributed by atoms with van der Waals surface area (Å²) in [5.41, 5.74) is 2.14. The molecular weight excluding hydrogens is 496 g/mol. The largest absolute Gasteiger partial charge is 0.378 e. The van der Waals surface area contributed by atoms with Crippen molar-refractivity contribution in [2.24, 2.45) is 13.0 Å². The zero-order valence-corrected chi connectivity index (χ0v) is 22.1. The minimum atomic E-state index is -3.83. The van der Waals surface area contributed by atoms with Crippen LogP contribution in [0.15, 0.2) is 41.8 Å². The Morgan fingerprint density at radius 2 is 1.89 bits per heavy atom. The standard InChI is InChI=1S/C25H36N6O5S/c1-29-18-24(28-19-29)37(34,35)31-11-2-3-21(8-10-26-23(32)9-12-31)25(33)27-17-20-4-6-22(7-5-20)30-13-15-36-16-14-30/h4-7,18-19,21H,2-3,8-17H2,1H3,(H,26,32)(H,27,33). The molecule has 1 unspecified atom stereocenters. The lowest BCUT2D eigenvalue weighted by molar-refractivity contribution is -0.126. The summed E-state index contributed by atoms with van der Waals surface area (Å²) in [5.74, 6) is -0.655. The first kappa shape index (κ1) is 27.1. The Balaban J connectivity index is 1.34. The first-order chi connectivity index (χ1) is 17.8. The van der Waals surface area contributed by atoms with E-state index in [1.807, 2.05) is 12.1 Å². The van der Waals surface area contributed by atoms with Crippen molar-refractivity contribution in [2.75, 3.05) is 50.8 Å². The molecule has 2 saturated heterocycles. The number of aromatic nitrogens is 2. The van der Waals surface area contributed by atoms with Gasteiger partial charge in [0.2, 0.25) is 11.8 Å². The van der Waals surface area contributed by atoms with E-state index in [4.69, 9.17) is 4.74 Å². The van der Waals surface area contributed by atoms with Gasteiger partial charge in [0.1, 0.15) is 0 Å². The molecule has 2 aliphatic heterocycles. The van der Waals surface area contributed by atoms with Gasteiger partial charge in [-0.2, -0.15) is 4.31 Å². The fourth-order valence-corrected chi connectivity index (χ4v) is 6.05. The average Bonchev–Trinajstić information content (AvgIpc) is 3.34.